The maximum atomic E-state index is 13.8. The number of carboxylic acids is 1. The van der Waals surface area contributed by atoms with Crippen molar-refractivity contribution in [3.05, 3.63) is 89.2 Å². The van der Waals surface area contributed by atoms with Gasteiger partial charge in [0.2, 0.25) is 0 Å². The van der Waals surface area contributed by atoms with Gasteiger partial charge in [0.1, 0.15) is 12.4 Å². The summed E-state index contributed by atoms with van der Waals surface area (Å²) in [4.78, 5) is 10.9. The van der Waals surface area contributed by atoms with Crippen molar-refractivity contribution in [1.82, 2.24) is 0 Å². The highest BCUT2D eigenvalue weighted by Crippen LogP contribution is 2.45. The number of hydrogen-bond donors (Lipinski definition) is 3. The van der Waals surface area contributed by atoms with E-state index < -0.39 is 24.6 Å². The molecule has 0 aliphatic rings. The zero-order valence-corrected chi connectivity index (χ0v) is 21.2. The molecule has 0 spiro atoms. The van der Waals surface area contributed by atoms with Crippen LogP contribution in [0.25, 0.3) is 17.2 Å². The average Bonchev–Trinajstić information content (AvgIpc) is 2.86. The monoisotopic (exact) mass is 508 g/mol. The minimum Gasteiger partial charge on any atom is -0.493 e. The van der Waals surface area contributed by atoms with Crippen LogP contribution in [0.15, 0.2) is 66.7 Å². The number of methoxy groups -OCH3 is 1. The topological polar surface area (TPSA) is 96.2 Å². The summed E-state index contributed by atoms with van der Waals surface area (Å²) in [6, 6.07) is 17.6. The molecule has 0 saturated carbocycles. The molecule has 0 aliphatic carbocycles. The molecule has 7 heteroatoms. The molecule has 6 nitrogen and oxygen atoms in total. The number of carbonyl (C=O) groups is 1. The van der Waals surface area contributed by atoms with Crippen LogP contribution in [-0.4, -0.2) is 40.6 Å². The molecule has 2 atom stereocenters. The van der Waals surface area contributed by atoms with E-state index in [9.17, 15) is 19.4 Å². The number of aliphatic hydroxyl groups is 2. The summed E-state index contributed by atoms with van der Waals surface area (Å²) in [5, 5.41) is 29.3. The molecule has 0 fully saturated rings. The van der Waals surface area contributed by atoms with Gasteiger partial charge >= 0.3 is 5.97 Å². The van der Waals surface area contributed by atoms with E-state index in [4.69, 9.17) is 14.6 Å². The number of hydrogen-bond acceptors (Lipinski definition) is 5. The number of benzene rings is 3. The molecule has 0 heterocycles. The van der Waals surface area contributed by atoms with Crippen molar-refractivity contribution < 1.29 is 34.0 Å². The third-order valence-electron chi connectivity index (χ3n) is 5.93. The van der Waals surface area contributed by atoms with Crippen LogP contribution in [0, 0.1) is 5.82 Å². The van der Waals surface area contributed by atoms with Crippen LogP contribution in [0.1, 0.15) is 49.3 Å². The lowest BCUT2D eigenvalue weighted by Crippen LogP contribution is -2.19. The summed E-state index contributed by atoms with van der Waals surface area (Å²) in [7, 11) is 1.56. The first-order chi connectivity index (χ1) is 17.7. The second-order valence-electron chi connectivity index (χ2n) is 9.14. The van der Waals surface area contributed by atoms with Gasteiger partial charge in [0.25, 0.3) is 0 Å². The third-order valence-corrected chi connectivity index (χ3v) is 5.93. The van der Waals surface area contributed by atoms with Crippen molar-refractivity contribution in [2.24, 2.45) is 0 Å². The van der Waals surface area contributed by atoms with Gasteiger partial charge in [0.15, 0.2) is 11.5 Å². The predicted molar refractivity (Wildman–Crippen MR) is 141 cm³/mol. The molecule has 196 valence electrons. The van der Waals surface area contributed by atoms with Crippen LogP contribution in [0.2, 0.25) is 0 Å². The summed E-state index contributed by atoms with van der Waals surface area (Å²) in [6.45, 7) is 4.33. The van der Waals surface area contributed by atoms with E-state index in [2.05, 4.69) is 0 Å². The Bertz CT molecular complexity index is 1200. The van der Waals surface area contributed by atoms with E-state index in [1.54, 1.807) is 25.3 Å². The Hall–Kier alpha value is -3.68. The lowest BCUT2D eigenvalue weighted by atomic mass is 9.88. The molecule has 0 bridgehead atoms. The van der Waals surface area contributed by atoms with Gasteiger partial charge < -0.3 is 24.8 Å². The molecule has 37 heavy (non-hydrogen) atoms. The van der Waals surface area contributed by atoms with Crippen molar-refractivity contribution in [3.63, 3.8) is 0 Å². The average molecular weight is 509 g/mol. The van der Waals surface area contributed by atoms with E-state index in [-0.39, 0.29) is 24.8 Å². The van der Waals surface area contributed by atoms with Crippen LogP contribution in [-0.2, 0) is 11.4 Å². The summed E-state index contributed by atoms with van der Waals surface area (Å²) < 4.78 is 25.8. The number of rotatable bonds is 12. The number of ether oxygens (including phenoxy) is 2. The first-order valence-corrected chi connectivity index (χ1v) is 12.1. The Balaban J connectivity index is 2.13. The molecule has 3 rings (SSSR count). The highest BCUT2D eigenvalue weighted by Gasteiger charge is 2.22. The Labute approximate surface area is 216 Å². The standard InChI is InChI=1S/C30H33FO6/c1-19(2)26-17-27(36-3)30(37-18-20-7-5-4-6-8-20)29(21-9-11-22(31)12-10-21)25(26)14-13-23(32)15-24(33)16-28(34)35/h4-14,17,19,23-24,32-33H,15-16,18H2,1-3H3,(H,34,35). The number of aliphatic hydroxyl groups excluding tert-OH is 2. The summed E-state index contributed by atoms with van der Waals surface area (Å²) in [6.07, 6.45) is 0.417. The van der Waals surface area contributed by atoms with E-state index in [1.165, 1.54) is 18.2 Å². The van der Waals surface area contributed by atoms with Gasteiger partial charge in [-0.2, -0.15) is 0 Å². The normalized spacial score (nSPS) is 13.1. The first kappa shape index (κ1) is 27.9. The van der Waals surface area contributed by atoms with Gasteiger partial charge in [0, 0.05) is 12.0 Å². The minimum atomic E-state index is -1.18. The largest absolute Gasteiger partial charge is 0.493 e. The van der Waals surface area contributed by atoms with Crippen LogP contribution in [0.4, 0.5) is 4.39 Å². The Kier molecular flexibility index (Phi) is 9.83. The fourth-order valence-corrected chi connectivity index (χ4v) is 4.11. The SMILES string of the molecule is COc1cc(C(C)C)c(C=CC(O)CC(O)CC(=O)O)c(-c2ccc(F)cc2)c1OCc1ccccc1. The lowest BCUT2D eigenvalue weighted by Gasteiger charge is -2.23. The minimum absolute atomic E-state index is 0.0608. The maximum absolute atomic E-state index is 13.8. The van der Waals surface area contributed by atoms with Crippen molar-refractivity contribution in [1.29, 1.82) is 0 Å². The molecule has 0 saturated heterocycles. The number of aliphatic carboxylic acids is 1. The van der Waals surface area contributed by atoms with Gasteiger partial charge in [-0.05, 0) is 46.4 Å². The Morgan fingerprint density at radius 2 is 1.73 bits per heavy atom. The molecule has 0 radical (unpaired) electrons. The first-order valence-electron chi connectivity index (χ1n) is 12.1. The summed E-state index contributed by atoms with van der Waals surface area (Å²) >= 11 is 0. The van der Waals surface area contributed by atoms with Crippen molar-refractivity contribution in [3.8, 4) is 22.6 Å². The highest BCUT2D eigenvalue weighted by atomic mass is 19.1. The van der Waals surface area contributed by atoms with Crippen molar-refractivity contribution in [2.75, 3.05) is 7.11 Å². The molecule has 3 aromatic carbocycles. The van der Waals surface area contributed by atoms with E-state index in [0.717, 1.165) is 16.7 Å². The van der Waals surface area contributed by atoms with Gasteiger partial charge in [-0.25, -0.2) is 4.39 Å². The fraction of sp³-hybridized carbons (Fsp3) is 0.300. The third kappa shape index (κ3) is 7.65. The van der Waals surface area contributed by atoms with Crippen LogP contribution in [0.5, 0.6) is 11.5 Å². The second-order valence-corrected chi connectivity index (χ2v) is 9.14. The lowest BCUT2D eigenvalue weighted by molar-refractivity contribution is -0.139. The molecule has 0 amide bonds. The van der Waals surface area contributed by atoms with E-state index in [0.29, 0.717) is 22.6 Å². The molecule has 0 aromatic heterocycles. The molecular weight excluding hydrogens is 475 g/mol. The molecule has 3 N–H and O–H groups in total. The Morgan fingerprint density at radius 1 is 1.05 bits per heavy atom. The Morgan fingerprint density at radius 3 is 2.32 bits per heavy atom. The molecule has 0 aliphatic heterocycles. The summed E-state index contributed by atoms with van der Waals surface area (Å²) in [5.74, 6) is -0.455. The van der Waals surface area contributed by atoms with Gasteiger partial charge in [-0.1, -0.05) is 68.5 Å². The van der Waals surface area contributed by atoms with E-state index >= 15 is 0 Å². The van der Waals surface area contributed by atoms with Crippen LogP contribution < -0.4 is 9.47 Å². The zero-order valence-electron chi connectivity index (χ0n) is 21.2. The van der Waals surface area contributed by atoms with Crippen molar-refractivity contribution in [2.45, 2.75) is 51.4 Å². The molecule has 3 aromatic rings. The smallest absolute Gasteiger partial charge is 0.305 e. The quantitative estimate of drug-likeness (QED) is 0.286. The highest BCUT2D eigenvalue weighted by molar-refractivity contribution is 5.85. The van der Waals surface area contributed by atoms with Crippen LogP contribution in [0.3, 0.4) is 0 Å². The van der Waals surface area contributed by atoms with Gasteiger partial charge in [0.05, 0.1) is 25.7 Å². The van der Waals surface area contributed by atoms with Gasteiger partial charge in [-0.3, -0.25) is 4.79 Å². The number of halogens is 1. The number of carboxylic acid groups (broad SMARTS) is 1. The maximum Gasteiger partial charge on any atom is 0.305 e. The summed E-state index contributed by atoms with van der Waals surface area (Å²) in [5.41, 5.74) is 4.00. The predicted octanol–water partition coefficient (Wildman–Crippen LogP) is 5.80. The zero-order chi connectivity index (χ0) is 26.9. The van der Waals surface area contributed by atoms with E-state index in [1.807, 2.05) is 50.2 Å². The molecule has 2 unspecified atom stereocenters. The van der Waals surface area contributed by atoms with Crippen molar-refractivity contribution >= 4 is 12.0 Å². The second kappa shape index (κ2) is 13.0. The fourth-order valence-electron chi connectivity index (χ4n) is 4.11. The molecular formula is C30H33FO6. The van der Waals surface area contributed by atoms with Crippen LogP contribution >= 0.6 is 0 Å². The van der Waals surface area contributed by atoms with Gasteiger partial charge in [-0.15, -0.1) is 0 Å².